The van der Waals surface area contributed by atoms with E-state index >= 15 is 0 Å². The van der Waals surface area contributed by atoms with Crippen molar-refractivity contribution in [2.75, 3.05) is 25.5 Å². The molecule has 0 bridgehead atoms. The first-order valence-corrected chi connectivity index (χ1v) is 7.22. The second kappa shape index (κ2) is 5.35. The summed E-state index contributed by atoms with van der Waals surface area (Å²) in [6.07, 6.45) is 0. The molecule has 1 aliphatic rings. The molecule has 2 rings (SSSR count). The standard InChI is InChI=1S/C11H14FN3O4S/c12-7-1-2-10(8(13)5-7)20(17,18)15-3-4-19-6-9(15)11(14)16/h1-2,5,9H,3-4,6,13H2,(H2,14,16). The topological polar surface area (TPSA) is 116 Å². The highest BCUT2D eigenvalue weighted by molar-refractivity contribution is 7.89. The van der Waals surface area contributed by atoms with Crippen molar-refractivity contribution in [1.29, 1.82) is 0 Å². The number of amides is 1. The molecule has 20 heavy (non-hydrogen) atoms. The Bertz CT molecular complexity index is 635. The Labute approximate surface area is 115 Å². The first-order chi connectivity index (χ1) is 9.34. The molecule has 7 nitrogen and oxygen atoms in total. The van der Waals surface area contributed by atoms with Crippen LogP contribution in [0.5, 0.6) is 0 Å². The molecule has 1 heterocycles. The van der Waals surface area contributed by atoms with Crippen LogP contribution in [0.3, 0.4) is 0 Å². The SMILES string of the molecule is NC(=O)C1COCCN1S(=O)(=O)c1ccc(F)cc1N. The van der Waals surface area contributed by atoms with E-state index in [1.807, 2.05) is 0 Å². The average Bonchev–Trinajstić information content (AvgIpc) is 2.38. The van der Waals surface area contributed by atoms with E-state index in [2.05, 4.69) is 0 Å². The summed E-state index contributed by atoms with van der Waals surface area (Å²) in [7, 11) is -4.04. The predicted octanol–water partition coefficient (Wildman–Crippen LogP) is -0.717. The van der Waals surface area contributed by atoms with Crippen LogP contribution >= 0.6 is 0 Å². The lowest BCUT2D eigenvalue weighted by atomic mass is 10.3. The van der Waals surface area contributed by atoms with E-state index in [0.717, 1.165) is 22.5 Å². The number of hydrogen-bond donors (Lipinski definition) is 2. The molecule has 1 aliphatic heterocycles. The summed E-state index contributed by atoms with van der Waals surface area (Å²) in [5.41, 5.74) is 10.5. The number of ether oxygens (including phenoxy) is 1. The highest BCUT2D eigenvalue weighted by Gasteiger charge is 2.38. The number of nitrogen functional groups attached to an aromatic ring is 1. The number of rotatable bonds is 3. The van der Waals surface area contributed by atoms with Gasteiger partial charge in [0.15, 0.2) is 0 Å². The van der Waals surface area contributed by atoms with Crippen molar-refractivity contribution in [1.82, 2.24) is 4.31 Å². The van der Waals surface area contributed by atoms with Crippen molar-refractivity contribution in [3.63, 3.8) is 0 Å². The molecule has 0 saturated carbocycles. The van der Waals surface area contributed by atoms with Crippen LogP contribution in [-0.2, 0) is 19.6 Å². The summed E-state index contributed by atoms with van der Waals surface area (Å²) in [6.45, 7) is 0.00648. The molecular weight excluding hydrogens is 289 g/mol. The minimum Gasteiger partial charge on any atom is -0.398 e. The minimum atomic E-state index is -4.04. The van der Waals surface area contributed by atoms with Crippen LogP contribution in [-0.4, -0.2) is 44.4 Å². The van der Waals surface area contributed by atoms with Crippen molar-refractivity contribution in [2.45, 2.75) is 10.9 Å². The van der Waals surface area contributed by atoms with Crippen LogP contribution in [0.15, 0.2) is 23.1 Å². The van der Waals surface area contributed by atoms with Crippen molar-refractivity contribution < 1.29 is 22.3 Å². The fourth-order valence-corrected chi connectivity index (χ4v) is 3.64. The van der Waals surface area contributed by atoms with Crippen LogP contribution in [0, 0.1) is 5.82 Å². The Balaban J connectivity index is 2.45. The molecule has 0 radical (unpaired) electrons. The second-order valence-corrected chi connectivity index (χ2v) is 6.15. The van der Waals surface area contributed by atoms with E-state index < -0.39 is 27.8 Å². The molecule has 1 aromatic carbocycles. The number of nitrogens with zero attached hydrogens (tertiary/aromatic N) is 1. The van der Waals surface area contributed by atoms with E-state index in [9.17, 15) is 17.6 Å². The van der Waals surface area contributed by atoms with Gasteiger partial charge in [-0.3, -0.25) is 4.79 Å². The summed E-state index contributed by atoms with van der Waals surface area (Å²) >= 11 is 0. The largest absolute Gasteiger partial charge is 0.398 e. The van der Waals surface area contributed by atoms with Crippen LogP contribution in [0.1, 0.15) is 0 Å². The maximum atomic E-state index is 13.0. The van der Waals surface area contributed by atoms with Gasteiger partial charge in [0.2, 0.25) is 15.9 Å². The maximum absolute atomic E-state index is 13.0. The summed E-state index contributed by atoms with van der Waals surface area (Å²) in [4.78, 5) is 11.1. The number of hydrogen-bond acceptors (Lipinski definition) is 5. The molecule has 9 heteroatoms. The Morgan fingerprint density at radius 3 is 2.75 bits per heavy atom. The van der Waals surface area contributed by atoms with Gasteiger partial charge in [0, 0.05) is 6.54 Å². The molecular formula is C11H14FN3O4S. The van der Waals surface area contributed by atoms with Gasteiger partial charge in [0.05, 0.1) is 18.9 Å². The number of benzene rings is 1. The van der Waals surface area contributed by atoms with Crippen molar-refractivity contribution >= 4 is 21.6 Å². The molecule has 0 spiro atoms. The third kappa shape index (κ3) is 2.60. The van der Waals surface area contributed by atoms with Gasteiger partial charge in [-0.2, -0.15) is 4.31 Å². The van der Waals surface area contributed by atoms with Gasteiger partial charge in [-0.25, -0.2) is 12.8 Å². The molecule has 1 fully saturated rings. The number of primary amides is 1. The Morgan fingerprint density at radius 2 is 2.15 bits per heavy atom. The van der Waals surface area contributed by atoms with Gasteiger partial charge in [-0.1, -0.05) is 0 Å². The normalized spacial score (nSPS) is 20.8. The summed E-state index contributed by atoms with van der Waals surface area (Å²) in [5, 5.41) is 0. The number of morpholine rings is 1. The van der Waals surface area contributed by atoms with Crippen molar-refractivity contribution in [3.8, 4) is 0 Å². The molecule has 1 atom stereocenters. The first-order valence-electron chi connectivity index (χ1n) is 5.78. The Kier molecular flexibility index (Phi) is 3.93. The highest BCUT2D eigenvalue weighted by Crippen LogP contribution is 2.25. The van der Waals surface area contributed by atoms with Crippen LogP contribution in [0.2, 0.25) is 0 Å². The summed E-state index contributed by atoms with van der Waals surface area (Å²) in [5.74, 6) is -1.45. The van der Waals surface area contributed by atoms with Crippen molar-refractivity contribution in [2.24, 2.45) is 5.73 Å². The Morgan fingerprint density at radius 1 is 1.45 bits per heavy atom. The zero-order valence-electron chi connectivity index (χ0n) is 10.5. The number of halogens is 1. The third-order valence-electron chi connectivity index (χ3n) is 2.97. The molecule has 1 saturated heterocycles. The van der Waals surface area contributed by atoms with Crippen LogP contribution < -0.4 is 11.5 Å². The molecule has 1 aromatic rings. The molecule has 110 valence electrons. The fraction of sp³-hybridized carbons (Fsp3) is 0.364. The third-order valence-corrected chi connectivity index (χ3v) is 4.95. The predicted molar refractivity (Wildman–Crippen MR) is 68.5 cm³/mol. The Hall–Kier alpha value is -1.71. The van der Waals surface area contributed by atoms with Gasteiger partial charge >= 0.3 is 0 Å². The van der Waals surface area contributed by atoms with Gasteiger partial charge in [0.25, 0.3) is 0 Å². The van der Waals surface area contributed by atoms with Gasteiger partial charge in [0.1, 0.15) is 16.8 Å². The number of anilines is 1. The zero-order valence-corrected chi connectivity index (χ0v) is 11.3. The molecule has 0 aliphatic carbocycles. The fourth-order valence-electron chi connectivity index (χ4n) is 1.98. The lowest BCUT2D eigenvalue weighted by Gasteiger charge is -2.32. The molecule has 0 aromatic heterocycles. The van der Waals surface area contributed by atoms with E-state index in [1.165, 1.54) is 0 Å². The molecule has 1 amide bonds. The van der Waals surface area contributed by atoms with Gasteiger partial charge < -0.3 is 16.2 Å². The monoisotopic (exact) mass is 303 g/mol. The van der Waals surface area contributed by atoms with Gasteiger partial charge in [-0.05, 0) is 18.2 Å². The molecule has 1 unspecified atom stereocenters. The van der Waals surface area contributed by atoms with E-state index in [-0.39, 0.29) is 30.3 Å². The van der Waals surface area contributed by atoms with E-state index in [0.29, 0.717) is 0 Å². The number of carbonyl (C=O) groups excluding carboxylic acids is 1. The summed E-state index contributed by atoms with van der Waals surface area (Å²) in [6, 6.07) is 1.86. The van der Waals surface area contributed by atoms with Crippen LogP contribution in [0.4, 0.5) is 10.1 Å². The maximum Gasteiger partial charge on any atom is 0.246 e. The quantitative estimate of drug-likeness (QED) is 0.715. The number of nitrogens with two attached hydrogens (primary N) is 2. The van der Waals surface area contributed by atoms with Crippen LogP contribution in [0.25, 0.3) is 0 Å². The first kappa shape index (κ1) is 14.7. The van der Waals surface area contributed by atoms with Gasteiger partial charge in [-0.15, -0.1) is 0 Å². The lowest BCUT2D eigenvalue weighted by Crippen LogP contribution is -2.54. The molecule has 4 N–H and O–H groups in total. The second-order valence-electron chi connectivity index (χ2n) is 4.29. The number of sulfonamides is 1. The average molecular weight is 303 g/mol. The smallest absolute Gasteiger partial charge is 0.246 e. The minimum absolute atomic E-state index is 0.0211. The number of carbonyl (C=O) groups is 1. The zero-order chi connectivity index (χ0) is 14.9. The summed E-state index contributed by atoms with van der Waals surface area (Å²) < 4.78 is 44.0. The highest BCUT2D eigenvalue weighted by atomic mass is 32.2. The van der Waals surface area contributed by atoms with E-state index in [4.69, 9.17) is 16.2 Å². The van der Waals surface area contributed by atoms with Crippen molar-refractivity contribution in [3.05, 3.63) is 24.0 Å². The van der Waals surface area contributed by atoms with E-state index in [1.54, 1.807) is 0 Å². The lowest BCUT2D eigenvalue weighted by molar-refractivity contribution is -0.125.